The summed E-state index contributed by atoms with van der Waals surface area (Å²) in [5, 5.41) is 9.05. The van der Waals surface area contributed by atoms with Gasteiger partial charge in [-0.2, -0.15) is 0 Å². The molecular formula is C14H13FO. The van der Waals surface area contributed by atoms with Gasteiger partial charge in [0, 0.05) is 5.56 Å². The number of benzene rings is 2. The molecule has 0 bridgehead atoms. The highest BCUT2D eigenvalue weighted by atomic mass is 19.1. The summed E-state index contributed by atoms with van der Waals surface area (Å²) in [5.74, 6) is -0.258. The Hall–Kier alpha value is -1.67. The van der Waals surface area contributed by atoms with E-state index < -0.39 is 0 Å². The van der Waals surface area contributed by atoms with Crippen molar-refractivity contribution in [3.63, 3.8) is 0 Å². The highest BCUT2D eigenvalue weighted by Crippen LogP contribution is 2.26. The Morgan fingerprint density at radius 3 is 2.50 bits per heavy atom. The van der Waals surface area contributed by atoms with Crippen LogP contribution in [0, 0.1) is 12.7 Å². The Morgan fingerprint density at radius 1 is 1.06 bits per heavy atom. The van der Waals surface area contributed by atoms with Crippen molar-refractivity contribution < 1.29 is 9.50 Å². The fourth-order valence-electron chi connectivity index (χ4n) is 1.75. The average Bonchev–Trinajstić information content (AvgIpc) is 2.31. The quantitative estimate of drug-likeness (QED) is 0.816. The molecule has 16 heavy (non-hydrogen) atoms. The van der Waals surface area contributed by atoms with Crippen molar-refractivity contribution >= 4 is 0 Å². The van der Waals surface area contributed by atoms with E-state index in [9.17, 15) is 4.39 Å². The van der Waals surface area contributed by atoms with Crippen LogP contribution >= 0.6 is 0 Å². The molecule has 0 spiro atoms. The van der Waals surface area contributed by atoms with Gasteiger partial charge in [0.2, 0.25) is 0 Å². The lowest BCUT2D eigenvalue weighted by Crippen LogP contribution is -1.91. The molecule has 1 N–H and O–H groups in total. The second kappa shape index (κ2) is 4.45. The van der Waals surface area contributed by atoms with E-state index in [-0.39, 0.29) is 12.4 Å². The van der Waals surface area contributed by atoms with Gasteiger partial charge in [-0.3, -0.25) is 0 Å². The Balaban J connectivity index is 2.59. The fourth-order valence-corrected chi connectivity index (χ4v) is 1.75. The summed E-state index contributed by atoms with van der Waals surface area (Å²) in [6.07, 6.45) is 0. The van der Waals surface area contributed by atoms with E-state index in [0.29, 0.717) is 5.56 Å². The van der Waals surface area contributed by atoms with Gasteiger partial charge in [-0.1, -0.05) is 30.3 Å². The molecule has 0 aromatic heterocycles. The molecule has 2 rings (SSSR count). The van der Waals surface area contributed by atoms with Gasteiger partial charge in [0.15, 0.2) is 0 Å². The van der Waals surface area contributed by atoms with Crippen LogP contribution in [0.5, 0.6) is 0 Å². The van der Waals surface area contributed by atoms with Gasteiger partial charge in [0.1, 0.15) is 5.82 Å². The van der Waals surface area contributed by atoms with Crippen LogP contribution in [0.4, 0.5) is 4.39 Å². The number of hydrogen-bond acceptors (Lipinski definition) is 1. The van der Waals surface area contributed by atoms with Gasteiger partial charge >= 0.3 is 0 Å². The Kier molecular flexibility index (Phi) is 3.02. The molecule has 0 aliphatic rings. The summed E-state index contributed by atoms with van der Waals surface area (Å²) in [7, 11) is 0. The van der Waals surface area contributed by atoms with Gasteiger partial charge < -0.3 is 5.11 Å². The summed E-state index contributed by atoms with van der Waals surface area (Å²) >= 11 is 0. The maximum atomic E-state index is 13.7. The Bertz CT molecular complexity index is 506. The fraction of sp³-hybridized carbons (Fsp3) is 0.143. The van der Waals surface area contributed by atoms with E-state index in [0.717, 1.165) is 16.7 Å². The molecule has 0 heterocycles. The zero-order valence-corrected chi connectivity index (χ0v) is 9.07. The number of aryl methyl sites for hydroxylation is 1. The van der Waals surface area contributed by atoms with Gasteiger partial charge in [-0.15, -0.1) is 0 Å². The molecule has 0 fully saturated rings. The third kappa shape index (κ3) is 1.97. The topological polar surface area (TPSA) is 20.2 Å². The zero-order chi connectivity index (χ0) is 11.5. The molecule has 0 atom stereocenters. The maximum Gasteiger partial charge on any atom is 0.131 e. The molecule has 0 saturated heterocycles. The highest BCUT2D eigenvalue weighted by molar-refractivity contribution is 5.68. The van der Waals surface area contributed by atoms with Crippen LogP contribution in [0.25, 0.3) is 11.1 Å². The number of rotatable bonds is 2. The molecule has 0 saturated carbocycles. The molecule has 0 amide bonds. The van der Waals surface area contributed by atoms with Crippen LogP contribution in [0.1, 0.15) is 11.1 Å². The van der Waals surface area contributed by atoms with Crippen LogP contribution < -0.4 is 0 Å². The molecule has 2 aromatic carbocycles. The van der Waals surface area contributed by atoms with E-state index in [1.807, 2.05) is 31.2 Å². The number of aliphatic hydroxyl groups is 1. The molecule has 0 aliphatic heterocycles. The smallest absolute Gasteiger partial charge is 0.131 e. The molecule has 0 aliphatic carbocycles. The van der Waals surface area contributed by atoms with Crippen molar-refractivity contribution in [3.05, 3.63) is 59.4 Å². The van der Waals surface area contributed by atoms with E-state index in [2.05, 4.69) is 0 Å². The largest absolute Gasteiger partial charge is 0.392 e. The lowest BCUT2D eigenvalue weighted by molar-refractivity contribution is 0.282. The number of halogens is 1. The third-order valence-corrected chi connectivity index (χ3v) is 2.65. The van der Waals surface area contributed by atoms with Crippen molar-refractivity contribution in [2.24, 2.45) is 0 Å². The van der Waals surface area contributed by atoms with Crippen LogP contribution in [-0.2, 0) is 6.61 Å². The minimum atomic E-state index is -0.258. The standard InChI is InChI=1S/C14H13FO/c1-10-4-2-3-5-12(10)13-8-11(9-16)6-7-14(13)15/h2-8,16H,9H2,1H3. The Morgan fingerprint density at radius 2 is 1.81 bits per heavy atom. The summed E-state index contributed by atoms with van der Waals surface area (Å²) < 4.78 is 13.7. The summed E-state index contributed by atoms with van der Waals surface area (Å²) in [6.45, 7) is 1.87. The molecule has 0 radical (unpaired) electrons. The van der Waals surface area contributed by atoms with Crippen molar-refractivity contribution in [1.82, 2.24) is 0 Å². The first kappa shape index (κ1) is 10.8. The molecule has 2 aromatic rings. The first-order valence-corrected chi connectivity index (χ1v) is 5.17. The number of aliphatic hydroxyl groups excluding tert-OH is 1. The van der Waals surface area contributed by atoms with Gasteiger partial charge in [0.05, 0.1) is 6.61 Å². The van der Waals surface area contributed by atoms with Crippen molar-refractivity contribution in [1.29, 1.82) is 0 Å². The van der Waals surface area contributed by atoms with Crippen molar-refractivity contribution in [2.75, 3.05) is 0 Å². The van der Waals surface area contributed by atoms with Gasteiger partial charge in [0.25, 0.3) is 0 Å². The van der Waals surface area contributed by atoms with E-state index in [1.165, 1.54) is 6.07 Å². The molecule has 1 nitrogen and oxygen atoms in total. The first-order chi connectivity index (χ1) is 7.72. The zero-order valence-electron chi connectivity index (χ0n) is 9.07. The Labute approximate surface area is 94.2 Å². The molecular weight excluding hydrogens is 203 g/mol. The molecule has 2 heteroatoms. The second-order valence-corrected chi connectivity index (χ2v) is 3.79. The predicted octanol–water partition coefficient (Wildman–Crippen LogP) is 3.29. The monoisotopic (exact) mass is 216 g/mol. The van der Waals surface area contributed by atoms with Crippen LogP contribution in [0.3, 0.4) is 0 Å². The van der Waals surface area contributed by atoms with Crippen LogP contribution in [0.15, 0.2) is 42.5 Å². The van der Waals surface area contributed by atoms with E-state index >= 15 is 0 Å². The average molecular weight is 216 g/mol. The normalized spacial score (nSPS) is 10.4. The van der Waals surface area contributed by atoms with E-state index in [4.69, 9.17) is 5.11 Å². The SMILES string of the molecule is Cc1ccccc1-c1cc(CO)ccc1F. The summed E-state index contributed by atoms with van der Waals surface area (Å²) in [4.78, 5) is 0. The second-order valence-electron chi connectivity index (χ2n) is 3.79. The first-order valence-electron chi connectivity index (χ1n) is 5.17. The van der Waals surface area contributed by atoms with Crippen LogP contribution in [0.2, 0.25) is 0 Å². The van der Waals surface area contributed by atoms with Gasteiger partial charge in [-0.05, 0) is 35.7 Å². The van der Waals surface area contributed by atoms with E-state index in [1.54, 1.807) is 12.1 Å². The molecule has 0 unspecified atom stereocenters. The number of hydrogen-bond donors (Lipinski definition) is 1. The highest BCUT2D eigenvalue weighted by Gasteiger charge is 2.07. The lowest BCUT2D eigenvalue weighted by atomic mass is 9.98. The molecule has 82 valence electrons. The maximum absolute atomic E-state index is 13.7. The van der Waals surface area contributed by atoms with Crippen LogP contribution in [-0.4, -0.2) is 5.11 Å². The summed E-state index contributed by atoms with van der Waals surface area (Å²) in [6, 6.07) is 12.3. The predicted molar refractivity (Wildman–Crippen MR) is 62.5 cm³/mol. The summed E-state index contributed by atoms with van der Waals surface area (Å²) in [5.41, 5.74) is 3.16. The minimum absolute atomic E-state index is 0.0703. The van der Waals surface area contributed by atoms with Crippen molar-refractivity contribution in [3.8, 4) is 11.1 Å². The lowest BCUT2D eigenvalue weighted by Gasteiger charge is -2.08. The minimum Gasteiger partial charge on any atom is -0.392 e. The van der Waals surface area contributed by atoms with Crippen molar-refractivity contribution in [2.45, 2.75) is 13.5 Å². The van der Waals surface area contributed by atoms with Gasteiger partial charge in [-0.25, -0.2) is 4.39 Å². The third-order valence-electron chi connectivity index (χ3n) is 2.65.